The lowest BCUT2D eigenvalue weighted by atomic mass is 10.1. The molecule has 0 aromatic heterocycles. The summed E-state index contributed by atoms with van der Waals surface area (Å²) >= 11 is 0. The van der Waals surface area contributed by atoms with Crippen molar-refractivity contribution in [1.29, 1.82) is 0 Å². The molecule has 2 atom stereocenters. The Balaban J connectivity index is 4.99. The van der Waals surface area contributed by atoms with Gasteiger partial charge in [0.1, 0.15) is 0 Å². The summed E-state index contributed by atoms with van der Waals surface area (Å²) in [5, 5.41) is 0. The fourth-order valence-corrected chi connectivity index (χ4v) is 1.63. The van der Waals surface area contributed by atoms with Gasteiger partial charge in [-0.2, -0.15) is 0 Å². The summed E-state index contributed by atoms with van der Waals surface area (Å²) in [6.45, 7) is 15.1. The summed E-state index contributed by atoms with van der Waals surface area (Å²) in [4.78, 5) is 13.5. The molecule has 2 heteroatoms. The molecule has 0 aliphatic carbocycles. The zero-order valence-electron chi connectivity index (χ0n) is 9.78. The number of nitrogens with zero attached hydrogens (tertiary/aromatic N) is 1. The average molecular weight is 207 g/mol. The van der Waals surface area contributed by atoms with Crippen LogP contribution in [-0.2, 0) is 4.79 Å². The van der Waals surface area contributed by atoms with Gasteiger partial charge in [-0.25, -0.2) is 0 Å². The molecule has 84 valence electrons. The molecule has 0 aromatic rings. The molecule has 0 aliphatic rings. The molecule has 0 N–H and O–H groups in total. The minimum absolute atomic E-state index is 0.0541. The van der Waals surface area contributed by atoms with Crippen LogP contribution in [0.15, 0.2) is 38.0 Å². The largest absolute Gasteiger partial charge is 0.326 e. The fourth-order valence-electron chi connectivity index (χ4n) is 1.63. The SMILES string of the molecule is C=CC(=O)N(C(C=C)CC)C(C=C)CC. The maximum Gasteiger partial charge on any atom is 0.246 e. The number of hydrogen-bond acceptors (Lipinski definition) is 1. The number of amides is 1. The lowest BCUT2D eigenvalue weighted by Crippen LogP contribution is -2.44. The first-order valence-corrected chi connectivity index (χ1v) is 5.35. The molecule has 2 nitrogen and oxygen atoms in total. The Morgan fingerprint density at radius 1 is 1.13 bits per heavy atom. The highest BCUT2D eigenvalue weighted by molar-refractivity contribution is 5.87. The summed E-state index contributed by atoms with van der Waals surface area (Å²) < 4.78 is 0. The topological polar surface area (TPSA) is 20.3 Å². The van der Waals surface area contributed by atoms with Crippen LogP contribution in [0.1, 0.15) is 26.7 Å². The van der Waals surface area contributed by atoms with Crippen molar-refractivity contribution >= 4 is 5.91 Å². The van der Waals surface area contributed by atoms with Crippen LogP contribution in [0.2, 0.25) is 0 Å². The molecule has 0 heterocycles. The zero-order valence-corrected chi connectivity index (χ0v) is 9.78. The van der Waals surface area contributed by atoms with Gasteiger partial charge in [0.15, 0.2) is 0 Å². The van der Waals surface area contributed by atoms with Crippen molar-refractivity contribution in [3.8, 4) is 0 Å². The van der Waals surface area contributed by atoms with Crippen LogP contribution in [0.4, 0.5) is 0 Å². The van der Waals surface area contributed by atoms with E-state index in [1.165, 1.54) is 6.08 Å². The average Bonchev–Trinajstić information content (AvgIpc) is 2.28. The van der Waals surface area contributed by atoms with E-state index in [2.05, 4.69) is 19.7 Å². The Morgan fingerprint density at radius 2 is 1.53 bits per heavy atom. The molecule has 0 spiro atoms. The van der Waals surface area contributed by atoms with Crippen LogP contribution >= 0.6 is 0 Å². The quantitative estimate of drug-likeness (QED) is 0.464. The number of carbonyl (C=O) groups excluding carboxylic acids is 1. The maximum atomic E-state index is 11.7. The molecular formula is C13H21NO. The number of hydrogen-bond donors (Lipinski definition) is 0. The van der Waals surface area contributed by atoms with Crippen LogP contribution in [-0.4, -0.2) is 22.9 Å². The molecule has 0 bridgehead atoms. The van der Waals surface area contributed by atoms with E-state index >= 15 is 0 Å². The van der Waals surface area contributed by atoms with Crippen molar-refractivity contribution in [1.82, 2.24) is 4.90 Å². The van der Waals surface area contributed by atoms with E-state index in [4.69, 9.17) is 0 Å². The molecule has 2 unspecified atom stereocenters. The molecule has 0 aromatic carbocycles. The van der Waals surface area contributed by atoms with Gasteiger partial charge in [-0.05, 0) is 18.9 Å². The highest BCUT2D eigenvalue weighted by Gasteiger charge is 2.23. The van der Waals surface area contributed by atoms with E-state index in [-0.39, 0.29) is 18.0 Å². The van der Waals surface area contributed by atoms with E-state index in [0.717, 1.165) is 12.8 Å². The van der Waals surface area contributed by atoms with Crippen molar-refractivity contribution < 1.29 is 4.79 Å². The normalized spacial score (nSPS) is 13.7. The lowest BCUT2D eigenvalue weighted by Gasteiger charge is -2.33. The van der Waals surface area contributed by atoms with E-state index in [1.807, 2.05) is 13.8 Å². The number of carbonyl (C=O) groups is 1. The summed E-state index contributed by atoms with van der Waals surface area (Å²) in [5.74, 6) is -0.0616. The number of rotatable bonds is 7. The van der Waals surface area contributed by atoms with Gasteiger partial charge in [0.05, 0.1) is 12.1 Å². The minimum Gasteiger partial charge on any atom is -0.326 e. The van der Waals surface area contributed by atoms with E-state index in [9.17, 15) is 4.79 Å². The zero-order chi connectivity index (χ0) is 11.8. The van der Waals surface area contributed by atoms with Crippen LogP contribution < -0.4 is 0 Å². The first-order chi connectivity index (χ1) is 7.15. The van der Waals surface area contributed by atoms with Crippen molar-refractivity contribution in [3.05, 3.63) is 38.0 Å². The molecule has 0 saturated heterocycles. The summed E-state index contributed by atoms with van der Waals surface area (Å²) in [6.07, 6.45) is 6.65. The van der Waals surface area contributed by atoms with Crippen LogP contribution in [0, 0.1) is 0 Å². The van der Waals surface area contributed by atoms with Gasteiger partial charge < -0.3 is 4.90 Å². The second kappa shape index (κ2) is 7.04. The second-order valence-corrected chi connectivity index (χ2v) is 3.37. The summed E-state index contributed by atoms with van der Waals surface area (Å²) in [6, 6.07) is 0.108. The Labute approximate surface area is 93.0 Å². The van der Waals surface area contributed by atoms with Gasteiger partial charge in [-0.15, -0.1) is 13.2 Å². The van der Waals surface area contributed by atoms with Gasteiger partial charge in [0.2, 0.25) is 5.91 Å². The Hall–Kier alpha value is -1.31. The Bertz CT molecular complexity index is 229. The minimum atomic E-state index is -0.0616. The Kier molecular flexibility index (Phi) is 6.43. The van der Waals surface area contributed by atoms with Crippen molar-refractivity contribution in [2.45, 2.75) is 38.8 Å². The lowest BCUT2D eigenvalue weighted by molar-refractivity contribution is -0.129. The molecule has 0 rings (SSSR count). The van der Waals surface area contributed by atoms with Gasteiger partial charge in [0.25, 0.3) is 0 Å². The molecular weight excluding hydrogens is 186 g/mol. The maximum absolute atomic E-state index is 11.7. The summed E-state index contributed by atoms with van der Waals surface area (Å²) in [7, 11) is 0. The standard InChI is InChI=1S/C13H21NO/c1-6-11(7-2)14(13(15)10-5)12(8-3)9-4/h6,8,10-12H,1,3,5,7,9H2,2,4H3. The van der Waals surface area contributed by atoms with E-state index < -0.39 is 0 Å². The van der Waals surface area contributed by atoms with Crippen LogP contribution in [0.3, 0.4) is 0 Å². The van der Waals surface area contributed by atoms with Crippen molar-refractivity contribution in [2.75, 3.05) is 0 Å². The van der Waals surface area contributed by atoms with Gasteiger partial charge in [-0.3, -0.25) is 4.79 Å². The van der Waals surface area contributed by atoms with E-state index in [0.29, 0.717) is 0 Å². The highest BCUT2D eigenvalue weighted by Crippen LogP contribution is 2.14. The third kappa shape index (κ3) is 3.39. The monoisotopic (exact) mass is 207 g/mol. The molecule has 0 aliphatic heterocycles. The Morgan fingerprint density at radius 3 is 1.73 bits per heavy atom. The molecule has 15 heavy (non-hydrogen) atoms. The molecule has 0 radical (unpaired) electrons. The third-order valence-corrected chi connectivity index (χ3v) is 2.52. The first-order valence-electron chi connectivity index (χ1n) is 5.35. The predicted molar refractivity (Wildman–Crippen MR) is 65.6 cm³/mol. The first kappa shape index (κ1) is 13.7. The van der Waals surface area contributed by atoms with Crippen LogP contribution in [0.25, 0.3) is 0 Å². The summed E-state index contributed by atoms with van der Waals surface area (Å²) in [5.41, 5.74) is 0. The predicted octanol–water partition coefficient (Wildman–Crippen LogP) is 2.93. The van der Waals surface area contributed by atoms with Gasteiger partial charge in [0, 0.05) is 0 Å². The van der Waals surface area contributed by atoms with Gasteiger partial charge >= 0.3 is 0 Å². The van der Waals surface area contributed by atoms with E-state index in [1.54, 1.807) is 17.1 Å². The van der Waals surface area contributed by atoms with Gasteiger partial charge in [-0.1, -0.05) is 32.6 Å². The molecule has 0 saturated carbocycles. The fraction of sp³-hybridized carbons (Fsp3) is 0.462. The molecule has 1 amide bonds. The molecule has 0 fully saturated rings. The van der Waals surface area contributed by atoms with Crippen LogP contribution in [0.5, 0.6) is 0 Å². The van der Waals surface area contributed by atoms with Crippen molar-refractivity contribution in [3.63, 3.8) is 0 Å². The smallest absolute Gasteiger partial charge is 0.246 e. The highest BCUT2D eigenvalue weighted by atomic mass is 16.2. The van der Waals surface area contributed by atoms with Crippen molar-refractivity contribution in [2.24, 2.45) is 0 Å². The third-order valence-electron chi connectivity index (χ3n) is 2.52. The second-order valence-electron chi connectivity index (χ2n) is 3.37.